The highest BCUT2D eigenvalue weighted by Gasteiger charge is 2.20. The molecule has 1 N–H and O–H groups in total. The standard InChI is InChI=1S/C16H26N2/c1-12(16(2,3)4)17-11-13-6-7-15-14(10-13)8-9-18(15)5/h6-7,10,12,17H,8-9,11H2,1-5H3. The molecular weight excluding hydrogens is 220 g/mol. The highest BCUT2D eigenvalue weighted by atomic mass is 15.1. The smallest absolute Gasteiger partial charge is 0.0397 e. The van der Waals surface area contributed by atoms with Crippen molar-refractivity contribution in [3.63, 3.8) is 0 Å². The minimum Gasteiger partial charge on any atom is -0.374 e. The lowest BCUT2D eigenvalue weighted by Gasteiger charge is -2.28. The van der Waals surface area contributed by atoms with E-state index in [1.165, 1.54) is 23.2 Å². The van der Waals surface area contributed by atoms with Gasteiger partial charge in [0.25, 0.3) is 0 Å². The second kappa shape index (κ2) is 4.93. The number of rotatable bonds is 3. The number of anilines is 1. The molecule has 1 unspecified atom stereocenters. The Balaban J connectivity index is 1.99. The van der Waals surface area contributed by atoms with E-state index < -0.39 is 0 Å². The van der Waals surface area contributed by atoms with E-state index in [0.29, 0.717) is 11.5 Å². The van der Waals surface area contributed by atoms with Crippen LogP contribution in [0.1, 0.15) is 38.8 Å². The third-order valence-electron chi connectivity index (χ3n) is 4.18. The fraction of sp³-hybridized carbons (Fsp3) is 0.625. The summed E-state index contributed by atoms with van der Waals surface area (Å²) in [5, 5.41) is 3.63. The zero-order valence-electron chi connectivity index (χ0n) is 12.4. The van der Waals surface area contributed by atoms with Crippen molar-refractivity contribution < 1.29 is 0 Å². The normalized spacial score (nSPS) is 16.8. The zero-order valence-corrected chi connectivity index (χ0v) is 12.4. The van der Waals surface area contributed by atoms with Crippen LogP contribution in [0.4, 0.5) is 5.69 Å². The average molecular weight is 246 g/mol. The largest absolute Gasteiger partial charge is 0.374 e. The van der Waals surface area contributed by atoms with Gasteiger partial charge in [-0.2, -0.15) is 0 Å². The van der Waals surface area contributed by atoms with Crippen molar-refractivity contribution in [2.75, 3.05) is 18.5 Å². The average Bonchev–Trinajstić information content (AvgIpc) is 2.66. The summed E-state index contributed by atoms with van der Waals surface area (Å²) in [6.07, 6.45) is 1.19. The number of nitrogens with zero attached hydrogens (tertiary/aromatic N) is 1. The Hall–Kier alpha value is -1.02. The van der Waals surface area contributed by atoms with E-state index in [1.54, 1.807) is 0 Å². The molecule has 0 aliphatic carbocycles. The summed E-state index contributed by atoms with van der Waals surface area (Å²) in [7, 11) is 2.17. The number of fused-ring (bicyclic) bond motifs is 1. The van der Waals surface area contributed by atoms with Crippen molar-refractivity contribution in [2.24, 2.45) is 5.41 Å². The van der Waals surface area contributed by atoms with Gasteiger partial charge in [-0.05, 0) is 36.0 Å². The monoisotopic (exact) mass is 246 g/mol. The Morgan fingerprint density at radius 2 is 2.06 bits per heavy atom. The lowest BCUT2D eigenvalue weighted by atomic mass is 9.88. The van der Waals surface area contributed by atoms with Crippen molar-refractivity contribution in [1.29, 1.82) is 0 Å². The predicted molar refractivity (Wildman–Crippen MR) is 79.2 cm³/mol. The number of likely N-dealkylation sites (N-methyl/N-ethyl adjacent to an activating group) is 1. The van der Waals surface area contributed by atoms with E-state index in [2.05, 4.69) is 63.2 Å². The summed E-state index contributed by atoms with van der Waals surface area (Å²) in [6, 6.07) is 7.40. The molecule has 18 heavy (non-hydrogen) atoms. The summed E-state index contributed by atoms with van der Waals surface area (Å²) >= 11 is 0. The topological polar surface area (TPSA) is 15.3 Å². The van der Waals surface area contributed by atoms with Crippen LogP contribution in [0, 0.1) is 5.41 Å². The molecule has 1 aromatic rings. The highest BCUT2D eigenvalue weighted by molar-refractivity contribution is 5.58. The van der Waals surface area contributed by atoms with Crippen LogP contribution in [0.25, 0.3) is 0 Å². The van der Waals surface area contributed by atoms with Gasteiger partial charge in [0.15, 0.2) is 0 Å². The minimum atomic E-state index is 0.316. The molecule has 0 fully saturated rings. The number of nitrogens with one attached hydrogen (secondary N) is 1. The van der Waals surface area contributed by atoms with Gasteiger partial charge in [0.2, 0.25) is 0 Å². The van der Waals surface area contributed by atoms with Gasteiger partial charge in [-0.3, -0.25) is 0 Å². The fourth-order valence-electron chi connectivity index (χ4n) is 2.31. The van der Waals surface area contributed by atoms with Crippen molar-refractivity contribution in [3.8, 4) is 0 Å². The third kappa shape index (κ3) is 2.86. The molecular formula is C16H26N2. The SMILES string of the molecule is CC(NCc1ccc2c(c1)CCN2C)C(C)(C)C. The zero-order chi connectivity index (χ0) is 13.3. The summed E-state index contributed by atoms with van der Waals surface area (Å²) in [4.78, 5) is 2.34. The summed E-state index contributed by atoms with van der Waals surface area (Å²) in [6.45, 7) is 11.2. The molecule has 0 aromatic heterocycles. The molecule has 0 saturated carbocycles. The van der Waals surface area contributed by atoms with Gasteiger partial charge in [-0.1, -0.05) is 32.9 Å². The van der Waals surface area contributed by atoms with E-state index in [1.807, 2.05) is 0 Å². The summed E-state index contributed by atoms with van der Waals surface area (Å²) in [5.74, 6) is 0. The maximum Gasteiger partial charge on any atom is 0.0397 e. The third-order valence-corrected chi connectivity index (χ3v) is 4.18. The van der Waals surface area contributed by atoms with Crippen LogP contribution >= 0.6 is 0 Å². The number of hydrogen-bond donors (Lipinski definition) is 1. The van der Waals surface area contributed by atoms with Crippen LogP contribution in [0.5, 0.6) is 0 Å². The Morgan fingerprint density at radius 1 is 1.33 bits per heavy atom. The first-order valence-electron chi connectivity index (χ1n) is 6.94. The van der Waals surface area contributed by atoms with Crippen LogP contribution in [0.2, 0.25) is 0 Å². The molecule has 2 heteroatoms. The van der Waals surface area contributed by atoms with E-state index in [9.17, 15) is 0 Å². The summed E-state index contributed by atoms with van der Waals surface area (Å²) < 4.78 is 0. The van der Waals surface area contributed by atoms with Crippen molar-refractivity contribution in [1.82, 2.24) is 5.32 Å². The Morgan fingerprint density at radius 3 is 2.72 bits per heavy atom. The lowest BCUT2D eigenvalue weighted by molar-refractivity contribution is 0.285. The Kier molecular flexibility index (Phi) is 3.67. The maximum atomic E-state index is 3.63. The first kappa shape index (κ1) is 13.4. The van der Waals surface area contributed by atoms with E-state index >= 15 is 0 Å². The van der Waals surface area contributed by atoms with Crippen LogP contribution in [-0.4, -0.2) is 19.6 Å². The Labute approximate surface area is 111 Å². The molecule has 1 aromatic carbocycles. The molecule has 0 spiro atoms. The minimum absolute atomic E-state index is 0.316. The lowest BCUT2D eigenvalue weighted by Crippen LogP contribution is -2.37. The molecule has 100 valence electrons. The van der Waals surface area contributed by atoms with Crippen LogP contribution in [-0.2, 0) is 13.0 Å². The van der Waals surface area contributed by atoms with E-state index in [0.717, 1.165) is 13.1 Å². The molecule has 2 nitrogen and oxygen atoms in total. The van der Waals surface area contributed by atoms with E-state index in [-0.39, 0.29) is 0 Å². The molecule has 0 bridgehead atoms. The van der Waals surface area contributed by atoms with Gasteiger partial charge in [-0.15, -0.1) is 0 Å². The van der Waals surface area contributed by atoms with E-state index in [4.69, 9.17) is 0 Å². The highest BCUT2D eigenvalue weighted by Crippen LogP contribution is 2.27. The molecule has 1 aliphatic heterocycles. The second-order valence-corrected chi connectivity index (χ2v) is 6.60. The van der Waals surface area contributed by atoms with Gasteiger partial charge in [0, 0.05) is 31.9 Å². The van der Waals surface area contributed by atoms with Crippen LogP contribution in [0.3, 0.4) is 0 Å². The fourth-order valence-corrected chi connectivity index (χ4v) is 2.31. The van der Waals surface area contributed by atoms with Gasteiger partial charge < -0.3 is 10.2 Å². The molecule has 0 radical (unpaired) electrons. The molecule has 1 heterocycles. The maximum absolute atomic E-state index is 3.63. The number of hydrogen-bond acceptors (Lipinski definition) is 2. The molecule has 1 aliphatic rings. The number of benzene rings is 1. The first-order valence-corrected chi connectivity index (χ1v) is 6.94. The first-order chi connectivity index (χ1) is 8.38. The summed E-state index contributed by atoms with van der Waals surface area (Å²) in [5.41, 5.74) is 4.62. The van der Waals surface area contributed by atoms with Crippen LogP contribution < -0.4 is 10.2 Å². The Bertz CT molecular complexity index is 418. The van der Waals surface area contributed by atoms with Gasteiger partial charge in [-0.25, -0.2) is 0 Å². The van der Waals surface area contributed by atoms with Crippen molar-refractivity contribution in [2.45, 2.75) is 46.7 Å². The van der Waals surface area contributed by atoms with Crippen LogP contribution in [0.15, 0.2) is 18.2 Å². The van der Waals surface area contributed by atoms with Gasteiger partial charge in [0.1, 0.15) is 0 Å². The predicted octanol–water partition coefficient (Wildman–Crippen LogP) is 3.20. The van der Waals surface area contributed by atoms with Gasteiger partial charge >= 0.3 is 0 Å². The molecule has 0 amide bonds. The molecule has 0 saturated heterocycles. The second-order valence-electron chi connectivity index (χ2n) is 6.60. The van der Waals surface area contributed by atoms with Gasteiger partial charge in [0.05, 0.1) is 0 Å². The molecule has 1 atom stereocenters. The molecule has 2 rings (SSSR count). The van der Waals surface area contributed by atoms with Crippen molar-refractivity contribution >= 4 is 5.69 Å². The quantitative estimate of drug-likeness (QED) is 0.881. The van der Waals surface area contributed by atoms with Crippen molar-refractivity contribution in [3.05, 3.63) is 29.3 Å².